The first-order valence-electron chi connectivity index (χ1n) is 6.56. The average Bonchev–Trinajstić information content (AvgIpc) is 2.53. The van der Waals surface area contributed by atoms with Crippen molar-refractivity contribution in [1.82, 2.24) is 4.98 Å². The minimum absolute atomic E-state index is 0.328. The number of rotatable bonds is 2. The van der Waals surface area contributed by atoms with Crippen molar-refractivity contribution in [3.8, 4) is 0 Å². The highest BCUT2D eigenvalue weighted by Crippen LogP contribution is 2.23. The van der Waals surface area contributed by atoms with Crippen molar-refractivity contribution in [3.05, 3.63) is 23.4 Å². The van der Waals surface area contributed by atoms with Gasteiger partial charge in [0.15, 0.2) is 0 Å². The van der Waals surface area contributed by atoms with Crippen molar-refractivity contribution in [3.63, 3.8) is 0 Å². The summed E-state index contributed by atoms with van der Waals surface area (Å²) < 4.78 is 0. The van der Waals surface area contributed by atoms with E-state index < -0.39 is 5.97 Å². The van der Waals surface area contributed by atoms with Crippen molar-refractivity contribution < 1.29 is 9.90 Å². The zero-order chi connectivity index (χ0) is 13.1. The van der Waals surface area contributed by atoms with Crippen LogP contribution < -0.4 is 4.90 Å². The van der Waals surface area contributed by atoms with Crippen LogP contribution in [0.3, 0.4) is 0 Å². The normalized spacial score (nSPS) is 20.6. The van der Waals surface area contributed by atoms with Gasteiger partial charge in [0, 0.05) is 18.3 Å². The first-order valence-corrected chi connectivity index (χ1v) is 6.56. The highest BCUT2D eigenvalue weighted by Gasteiger charge is 2.19. The fourth-order valence-electron chi connectivity index (χ4n) is 2.54. The maximum atomic E-state index is 11.1. The summed E-state index contributed by atoms with van der Waals surface area (Å²) >= 11 is 0. The number of aromatic carboxylic acids is 1. The molecule has 0 bridgehead atoms. The van der Waals surface area contributed by atoms with Crippen LogP contribution in [0.5, 0.6) is 0 Å². The predicted molar refractivity (Wildman–Crippen MR) is 71.2 cm³/mol. The number of carboxylic acid groups (broad SMARTS) is 1. The molecule has 0 radical (unpaired) electrons. The van der Waals surface area contributed by atoms with E-state index in [-0.39, 0.29) is 0 Å². The molecule has 1 atom stereocenters. The third-order valence-electron chi connectivity index (χ3n) is 3.53. The maximum absolute atomic E-state index is 11.1. The number of nitrogens with zero attached hydrogens (tertiary/aromatic N) is 2. The Morgan fingerprint density at radius 3 is 2.89 bits per heavy atom. The first kappa shape index (κ1) is 12.9. The van der Waals surface area contributed by atoms with Gasteiger partial charge in [0.1, 0.15) is 5.82 Å². The van der Waals surface area contributed by atoms with Crippen molar-refractivity contribution >= 4 is 11.8 Å². The second-order valence-corrected chi connectivity index (χ2v) is 5.05. The van der Waals surface area contributed by atoms with Gasteiger partial charge in [0.05, 0.1) is 5.56 Å². The van der Waals surface area contributed by atoms with Crippen molar-refractivity contribution in [2.45, 2.75) is 45.6 Å². The molecule has 4 nitrogen and oxygen atoms in total. The molecule has 1 aliphatic heterocycles. The SMILES string of the molecule is Cc1cc(C(=O)O)cc(N2CCCCCC2C)n1. The quantitative estimate of drug-likeness (QED) is 0.874. The van der Waals surface area contributed by atoms with Gasteiger partial charge in [0.2, 0.25) is 0 Å². The Hall–Kier alpha value is -1.58. The van der Waals surface area contributed by atoms with Gasteiger partial charge in [-0.1, -0.05) is 12.8 Å². The lowest BCUT2D eigenvalue weighted by molar-refractivity contribution is 0.0696. The van der Waals surface area contributed by atoms with E-state index in [1.807, 2.05) is 6.92 Å². The number of carboxylic acids is 1. The minimum atomic E-state index is -0.885. The van der Waals surface area contributed by atoms with Crippen LogP contribution >= 0.6 is 0 Å². The minimum Gasteiger partial charge on any atom is -0.478 e. The smallest absolute Gasteiger partial charge is 0.335 e. The second-order valence-electron chi connectivity index (χ2n) is 5.05. The summed E-state index contributed by atoms with van der Waals surface area (Å²) in [6.45, 7) is 5.00. The maximum Gasteiger partial charge on any atom is 0.335 e. The highest BCUT2D eigenvalue weighted by atomic mass is 16.4. The molecule has 0 amide bonds. The summed E-state index contributed by atoms with van der Waals surface area (Å²) in [6.07, 6.45) is 4.80. The molecule has 1 aliphatic rings. The molecular weight excluding hydrogens is 228 g/mol. The van der Waals surface area contributed by atoms with Gasteiger partial charge >= 0.3 is 5.97 Å². The lowest BCUT2D eigenvalue weighted by Crippen LogP contribution is -2.33. The molecule has 98 valence electrons. The Morgan fingerprint density at radius 1 is 1.39 bits per heavy atom. The molecule has 1 saturated heterocycles. The zero-order valence-electron chi connectivity index (χ0n) is 11.0. The highest BCUT2D eigenvalue weighted by molar-refractivity contribution is 5.88. The van der Waals surface area contributed by atoms with Crippen LogP contribution in [0.2, 0.25) is 0 Å². The molecule has 0 spiro atoms. The van der Waals surface area contributed by atoms with Gasteiger partial charge in [-0.2, -0.15) is 0 Å². The number of aromatic nitrogens is 1. The monoisotopic (exact) mass is 248 g/mol. The molecule has 0 aliphatic carbocycles. The van der Waals surface area contributed by atoms with Crippen molar-refractivity contribution in [1.29, 1.82) is 0 Å². The van der Waals surface area contributed by atoms with Crippen LogP contribution in [0.4, 0.5) is 5.82 Å². The molecule has 0 saturated carbocycles. The fraction of sp³-hybridized carbons (Fsp3) is 0.571. The van der Waals surface area contributed by atoms with Crippen molar-refractivity contribution in [2.75, 3.05) is 11.4 Å². The molecule has 1 N–H and O–H groups in total. The van der Waals surface area contributed by atoms with Crippen molar-refractivity contribution in [2.24, 2.45) is 0 Å². The number of pyridine rings is 1. The molecular formula is C14H20N2O2. The number of hydrogen-bond donors (Lipinski definition) is 1. The fourth-order valence-corrected chi connectivity index (χ4v) is 2.54. The Balaban J connectivity index is 2.33. The van der Waals surface area contributed by atoms with Crippen LogP contribution in [0, 0.1) is 6.92 Å². The topological polar surface area (TPSA) is 53.4 Å². The Morgan fingerprint density at radius 2 is 2.17 bits per heavy atom. The lowest BCUT2D eigenvalue weighted by Gasteiger charge is -2.28. The van der Waals surface area contributed by atoms with Gasteiger partial charge < -0.3 is 10.0 Å². The Labute approximate surface area is 108 Å². The lowest BCUT2D eigenvalue weighted by atomic mass is 10.1. The Bertz CT molecular complexity index is 445. The number of anilines is 1. The predicted octanol–water partition coefficient (Wildman–Crippen LogP) is 2.86. The summed E-state index contributed by atoms with van der Waals surface area (Å²) in [5, 5.41) is 9.11. The van der Waals surface area contributed by atoms with Gasteiger partial charge in [-0.05, 0) is 38.8 Å². The van der Waals surface area contributed by atoms with Gasteiger partial charge in [0.25, 0.3) is 0 Å². The molecule has 1 unspecified atom stereocenters. The van der Waals surface area contributed by atoms with Gasteiger partial charge in [-0.15, -0.1) is 0 Å². The van der Waals surface area contributed by atoms with E-state index in [2.05, 4.69) is 16.8 Å². The number of hydrogen-bond acceptors (Lipinski definition) is 3. The van der Waals surface area contributed by atoms with Crippen LogP contribution in [-0.4, -0.2) is 28.6 Å². The summed E-state index contributed by atoms with van der Waals surface area (Å²) in [7, 11) is 0. The van der Waals surface area contributed by atoms with E-state index >= 15 is 0 Å². The third kappa shape index (κ3) is 2.81. The van der Waals surface area contributed by atoms with E-state index in [0.717, 1.165) is 30.9 Å². The number of carbonyl (C=O) groups is 1. The third-order valence-corrected chi connectivity index (χ3v) is 3.53. The van der Waals surface area contributed by atoms with E-state index in [1.54, 1.807) is 12.1 Å². The zero-order valence-corrected chi connectivity index (χ0v) is 11.0. The molecule has 18 heavy (non-hydrogen) atoms. The van der Waals surface area contributed by atoms with Crippen LogP contribution in [0.1, 0.15) is 48.7 Å². The van der Waals surface area contributed by atoms with Crippen LogP contribution in [-0.2, 0) is 0 Å². The summed E-state index contributed by atoms with van der Waals surface area (Å²) in [6, 6.07) is 3.74. The summed E-state index contributed by atoms with van der Waals surface area (Å²) in [5.74, 6) is -0.0778. The second kappa shape index (κ2) is 5.38. The summed E-state index contributed by atoms with van der Waals surface area (Å²) in [4.78, 5) is 17.8. The molecule has 1 aromatic rings. The van der Waals surface area contributed by atoms with E-state index in [0.29, 0.717) is 11.6 Å². The average molecular weight is 248 g/mol. The van der Waals surface area contributed by atoms with Crippen LogP contribution in [0.15, 0.2) is 12.1 Å². The molecule has 0 aromatic carbocycles. The van der Waals surface area contributed by atoms with Crippen LogP contribution in [0.25, 0.3) is 0 Å². The van der Waals surface area contributed by atoms with Gasteiger partial charge in [-0.3, -0.25) is 0 Å². The summed E-state index contributed by atoms with van der Waals surface area (Å²) in [5.41, 5.74) is 1.09. The molecule has 1 aromatic heterocycles. The molecule has 2 heterocycles. The van der Waals surface area contributed by atoms with Gasteiger partial charge in [-0.25, -0.2) is 9.78 Å². The molecule has 1 fully saturated rings. The molecule has 4 heteroatoms. The molecule has 2 rings (SSSR count). The standard InChI is InChI=1S/C14H20N2O2/c1-10-8-12(14(17)18)9-13(15-10)16-7-5-3-4-6-11(16)2/h8-9,11H,3-7H2,1-2H3,(H,17,18). The van der Waals surface area contributed by atoms with E-state index in [9.17, 15) is 4.79 Å². The van der Waals surface area contributed by atoms with E-state index in [1.165, 1.54) is 12.8 Å². The first-order chi connectivity index (χ1) is 8.58. The number of aryl methyl sites for hydroxylation is 1. The largest absolute Gasteiger partial charge is 0.478 e. The van der Waals surface area contributed by atoms with E-state index in [4.69, 9.17) is 5.11 Å². The Kier molecular flexibility index (Phi) is 3.84.